The van der Waals surface area contributed by atoms with Gasteiger partial charge in [-0.05, 0) is 48.4 Å². The average molecular weight is 330 g/mol. The third-order valence-electron chi connectivity index (χ3n) is 3.53. The van der Waals surface area contributed by atoms with Crippen LogP contribution in [0.15, 0.2) is 48.5 Å². The highest BCUT2D eigenvalue weighted by molar-refractivity contribution is 6.30. The first-order chi connectivity index (χ1) is 11.1. The van der Waals surface area contributed by atoms with Gasteiger partial charge in [-0.15, -0.1) is 0 Å². The predicted molar refractivity (Wildman–Crippen MR) is 89.6 cm³/mol. The molecule has 0 spiro atoms. The van der Waals surface area contributed by atoms with Crippen LogP contribution in [0.1, 0.15) is 24.1 Å². The molecule has 0 fully saturated rings. The minimum absolute atomic E-state index is 0.138. The Hall–Kier alpha value is -2.46. The lowest BCUT2D eigenvalue weighted by Crippen LogP contribution is -2.24. The van der Waals surface area contributed by atoms with Gasteiger partial charge in [0.15, 0.2) is 11.5 Å². The molecule has 1 amide bonds. The molecule has 1 atom stereocenters. The van der Waals surface area contributed by atoms with E-state index in [1.54, 1.807) is 18.2 Å². The summed E-state index contributed by atoms with van der Waals surface area (Å²) in [5.74, 6) is 1.27. The van der Waals surface area contributed by atoms with E-state index < -0.39 is 0 Å². The quantitative estimate of drug-likeness (QED) is 0.864. The molecule has 0 saturated heterocycles. The van der Waals surface area contributed by atoms with Crippen molar-refractivity contribution in [1.82, 2.24) is 5.32 Å². The van der Waals surface area contributed by atoms with Crippen LogP contribution in [0, 0.1) is 0 Å². The topological polar surface area (TPSA) is 47.6 Å². The van der Waals surface area contributed by atoms with Gasteiger partial charge in [0, 0.05) is 11.1 Å². The standard InChI is InChI=1S/C18H16ClNO3/c1-12(14-6-7-16-17(10-14)23-11-22-16)20-18(21)8-5-13-3-2-4-15(19)9-13/h2-10,12H,11H2,1H3,(H,20,21)/b8-5+. The van der Waals surface area contributed by atoms with Crippen molar-refractivity contribution in [2.24, 2.45) is 0 Å². The highest BCUT2D eigenvalue weighted by Crippen LogP contribution is 2.34. The Kier molecular flexibility index (Phi) is 4.53. The van der Waals surface area contributed by atoms with Gasteiger partial charge in [0.1, 0.15) is 0 Å². The first kappa shape index (κ1) is 15.4. The molecule has 5 heteroatoms. The second-order valence-corrected chi connectivity index (χ2v) is 5.67. The second kappa shape index (κ2) is 6.75. The van der Waals surface area contributed by atoms with Crippen molar-refractivity contribution < 1.29 is 14.3 Å². The third kappa shape index (κ3) is 3.85. The summed E-state index contributed by atoms with van der Waals surface area (Å²) >= 11 is 5.91. The molecule has 3 rings (SSSR count). The van der Waals surface area contributed by atoms with Gasteiger partial charge in [-0.1, -0.05) is 29.8 Å². The summed E-state index contributed by atoms with van der Waals surface area (Å²) < 4.78 is 10.6. The Morgan fingerprint density at radius 1 is 1.22 bits per heavy atom. The number of benzene rings is 2. The maximum Gasteiger partial charge on any atom is 0.244 e. The molecule has 23 heavy (non-hydrogen) atoms. The van der Waals surface area contributed by atoms with Crippen LogP contribution >= 0.6 is 11.6 Å². The zero-order valence-corrected chi connectivity index (χ0v) is 13.3. The molecule has 0 saturated carbocycles. The molecular formula is C18H16ClNO3. The summed E-state index contributed by atoms with van der Waals surface area (Å²) in [5.41, 5.74) is 1.84. The molecule has 2 aromatic rings. The molecule has 0 bridgehead atoms. The Morgan fingerprint density at radius 2 is 2.04 bits per heavy atom. The Morgan fingerprint density at radius 3 is 2.87 bits per heavy atom. The van der Waals surface area contributed by atoms with Crippen molar-refractivity contribution >= 4 is 23.6 Å². The molecule has 1 heterocycles. The van der Waals surface area contributed by atoms with Crippen LogP contribution in [-0.4, -0.2) is 12.7 Å². The number of carbonyl (C=O) groups is 1. The lowest BCUT2D eigenvalue weighted by Gasteiger charge is -2.13. The number of fused-ring (bicyclic) bond motifs is 1. The molecule has 0 radical (unpaired) electrons. The van der Waals surface area contributed by atoms with E-state index in [0.717, 1.165) is 16.9 Å². The van der Waals surface area contributed by atoms with Gasteiger partial charge in [0.25, 0.3) is 0 Å². The van der Waals surface area contributed by atoms with E-state index in [9.17, 15) is 4.79 Å². The van der Waals surface area contributed by atoms with Crippen molar-refractivity contribution in [3.63, 3.8) is 0 Å². The SMILES string of the molecule is CC(NC(=O)/C=C/c1cccc(Cl)c1)c1ccc2c(c1)OCO2. The molecule has 1 unspecified atom stereocenters. The van der Waals surface area contributed by atoms with Crippen molar-refractivity contribution in [3.8, 4) is 11.5 Å². The van der Waals surface area contributed by atoms with Crippen LogP contribution in [0.2, 0.25) is 5.02 Å². The fourth-order valence-electron chi connectivity index (χ4n) is 2.31. The molecule has 0 aromatic heterocycles. The highest BCUT2D eigenvalue weighted by Gasteiger charge is 2.16. The molecule has 0 aliphatic carbocycles. The predicted octanol–water partition coefficient (Wildman–Crippen LogP) is 3.96. The maximum absolute atomic E-state index is 12.0. The summed E-state index contributed by atoms with van der Waals surface area (Å²) in [7, 11) is 0. The lowest BCUT2D eigenvalue weighted by atomic mass is 10.1. The van der Waals surface area contributed by atoms with Gasteiger partial charge in [-0.2, -0.15) is 0 Å². The van der Waals surface area contributed by atoms with Crippen LogP contribution in [0.5, 0.6) is 11.5 Å². The number of hydrogen-bond acceptors (Lipinski definition) is 3. The normalized spacial score (nSPS) is 14.0. The minimum Gasteiger partial charge on any atom is -0.454 e. The van der Waals surface area contributed by atoms with Crippen LogP contribution in [0.4, 0.5) is 0 Å². The van der Waals surface area contributed by atoms with Crippen LogP contribution in [-0.2, 0) is 4.79 Å². The van der Waals surface area contributed by atoms with Crippen LogP contribution < -0.4 is 14.8 Å². The monoisotopic (exact) mass is 329 g/mol. The van der Waals surface area contributed by atoms with Crippen molar-refractivity contribution in [3.05, 3.63) is 64.7 Å². The number of amides is 1. The molecule has 1 N–H and O–H groups in total. The van der Waals surface area contributed by atoms with E-state index in [-0.39, 0.29) is 18.7 Å². The van der Waals surface area contributed by atoms with Crippen molar-refractivity contribution in [2.45, 2.75) is 13.0 Å². The molecular weight excluding hydrogens is 314 g/mol. The number of carbonyl (C=O) groups excluding carboxylic acids is 1. The largest absolute Gasteiger partial charge is 0.454 e. The van der Waals surface area contributed by atoms with E-state index in [4.69, 9.17) is 21.1 Å². The minimum atomic E-state index is -0.171. The van der Waals surface area contributed by atoms with Crippen molar-refractivity contribution in [1.29, 1.82) is 0 Å². The van der Waals surface area contributed by atoms with Gasteiger partial charge in [0.2, 0.25) is 12.7 Å². The first-order valence-corrected chi connectivity index (χ1v) is 7.63. The molecule has 118 valence electrons. The summed E-state index contributed by atoms with van der Waals surface area (Å²) in [5, 5.41) is 3.56. The van der Waals surface area contributed by atoms with E-state index >= 15 is 0 Å². The van der Waals surface area contributed by atoms with Crippen LogP contribution in [0.25, 0.3) is 6.08 Å². The summed E-state index contributed by atoms with van der Waals surface area (Å²) in [6, 6.07) is 12.8. The summed E-state index contributed by atoms with van der Waals surface area (Å²) in [4.78, 5) is 12.0. The second-order valence-electron chi connectivity index (χ2n) is 5.23. The zero-order chi connectivity index (χ0) is 16.2. The number of ether oxygens (including phenoxy) is 2. The van der Waals surface area contributed by atoms with E-state index in [1.165, 1.54) is 6.08 Å². The molecule has 1 aliphatic heterocycles. The molecule has 4 nitrogen and oxygen atoms in total. The van der Waals surface area contributed by atoms with E-state index in [1.807, 2.05) is 37.3 Å². The Balaban J connectivity index is 1.63. The first-order valence-electron chi connectivity index (χ1n) is 7.25. The number of rotatable bonds is 4. The maximum atomic E-state index is 12.0. The fraction of sp³-hybridized carbons (Fsp3) is 0.167. The summed E-state index contributed by atoms with van der Waals surface area (Å²) in [6.07, 6.45) is 3.22. The van der Waals surface area contributed by atoms with Gasteiger partial charge in [-0.25, -0.2) is 0 Å². The highest BCUT2D eigenvalue weighted by atomic mass is 35.5. The van der Waals surface area contributed by atoms with E-state index in [2.05, 4.69) is 5.32 Å². The summed E-state index contributed by atoms with van der Waals surface area (Å²) in [6.45, 7) is 2.16. The lowest BCUT2D eigenvalue weighted by molar-refractivity contribution is -0.117. The average Bonchev–Trinajstić information content (AvgIpc) is 3.00. The van der Waals surface area contributed by atoms with E-state index in [0.29, 0.717) is 10.8 Å². The number of nitrogens with one attached hydrogen (secondary N) is 1. The zero-order valence-electron chi connectivity index (χ0n) is 12.6. The number of hydrogen-bond donors (Lipinski definition) is 1. The van der Waals surface area contributed by atoms with Gasteiger partial charge < -0.3 is 14.8 Å². The number of halogens is 1. The molecule has 1 aliphatic rings. The fourth-order valence-corrected chi connectivity index (χ4v) is 2.51. The van der Waals surface area contributed by atoms with Gasteiger partial charge in [-0.3, -0.25) is 4.79 Å². The Bertz CT molecular complexity index is 758. The third-order valence-corrected chi connectivity index (χ3v) is 3.77. The Labute approximate surface area is 139 Å². The van der Waals surface area contributed by atoms with Crippen LogP contribution in [0.3, 0.4) is 0 Å². The van der Waals surface area contributed by atoms with Crippen molar-refractivity contribution in [2.75, 3.05) is 6.79 Å². The van der Waals surface area contributed by atoms with Gasteiger partial charge >= 0.3 is 0 Å². The molecule has 2 aromatic carbocycles. The van der Waals surface area contributed by atoms with Gasteiger partial charge in [0.05, 0.1) is 6.04 Å². The smallest absolute Gasteiger partial charge is 0.244 e.